The van der Waals surface area contributed by atoms with E-state index in [4.69, 9.17) is 5.11 Å². The Balaban J connectivity index is 1.86. The van der Waals surface area contributed by atoms with Crippen LogP contribution in [0.25, 0.3) is 0 Å². The third-order valence-corrected chi connectivity index (χ3v) is 4.29. The fourth-order valence-corrected chi connectivity index (χ4v) is 3.13. The Labute approximate surface area is 114 Å². The van der Waals surface area contributed by atoms with E-state index in [0.717, 1.165) is 38.8 Å². The zero-order chi connectivity index (χ0) is 13.7. The van der Waals surface area contributed by atoms with Crippen LogP contribution in [0, 0.1) is 5.92 Å². The lowest BCUT2D eigenvalue weighted by Gasteiger charge is -2.27. The molecule has 108 valence electrons. The molecule has 0 aromatic carbocycles. The molecule has 1 heterocycles. The highest BCUT2D eigenvalue weighted by Crippen LogP contribution is 2.26. The van der Waals surface area contributed by atoms with E-state index >= 15 is 0 Å². The van der Waals surface area contributed by atoms with Crippen LogP contribution >= 0.6 is 0 Å². The Morgan fingerprint density at radius 3 is 2.21 bits per heavy atom. The number of amides is 2. The average Bonchev–Trinajstić information content (AvgIpc) is 2.76. The molecule has 1 saturated carbocycles. The van der Waals surface area contributed by atoms with Crippen molar-refractivity contribution in [2.45, 2.75) is 57.4 Å². The number of likely N-dealkylation sites (tertiary alicyclic amines) is 1. The molecule has 1 saturated heterocycles. The van der Waals surface area contributed by atoms with E-state index < -0.39 is 11.9 Å². The zero-order valence-corrected chi connectivity index (χ0v) is 11.4. The van der Waals surface area contributed by atoms with E-state index in [1.807, 2.05) is 4.90 Å². The minimum atomic E-state index is -0.782. The summed E-state index contributed by atoms with van der Waals surface area (Å²) in [4.78, 5) is 25.2. The Hall–Kier alpha value is -1.26. The third-order valence-electron chi connectivity index (χ3n) is 4.29. The molecule has 2 atom stereocenters. The van der Waals surface area contributed by atoms with Crippen molar-refractivity contribution >= 4 is 12.0 Å². The molecule has 2 fully saturated rings. The van der Waals surface area contributed by atoms with Gasteiger partial charge < -0.3 is 15.3 Å². The highest BCUT2D eigenvalue weighted by atomic mass is 16.4. The molecule has 1 aliphatic carbocycles. The number of hydrogen-bond donors (Lipinski definition) is 2. The van der Waals surface area contributed by atoms with Gasteiger partial charge in [0, 0.05) is 19.1 Å². The smallest absolute Gasteiger partial charge is 0.317 e. The standard InChI is InChI=1S/C14H24N2O3/c17-13(18)11-7-6-8-12(11)15-14(19)16-9-4-2-1-3-5-10-16/h11-12H,1-10H2,(H,15,19)(H,17,18). The van der Waals surface area contributed by atoms with Crippen molar-refractivity contribution in [2.75, 3.05) is 13.1 Å². The monoisotopic (exact) mass is 268 g/mol. The maximum absolute atomic E-state index is 12.2. The second kappa shape index (κ2) is 6.78. The van der Waals surface area contributed by atoms with Gasteiger partial charge in [-0.3, -0.25) is 4.79 Å². The quantitative estimate of drug-likeness (QED) is 0.806. The first-order valence-corrected chi connectivity index (χ1v) is 7.47. The lowest BCUT2D eigenvalue weighted by molar-refractivity contribution is -0.142. The molecule has 0 aromatic heterocycles. The summed E-state index contributed by atoms with van der Waals surface area (Å²) < 4.78 is 0. The summed E-state index contributed by atoms with van der Waals surface area (Å²) in [7, 11) is 0. The summed E-state index contributed by atoms with van der Waals surface area (Å²) in [5, 5.41) is 12.1. The van der Waals surface area contributed by atoms with Crippen LogP contribution in [0.3, 0.4) is 0 Å². The van der Waals surface area contributed by atoms with Gasteiger partial charge in [0.05, 0.1) is 5.92 Å². The fourth-order valence-electron chi connectivity index (χ4n) is 3.13. The van der Waals surface area contributed by atoms with Gasteiger partial charge >= 0.3 is 12.0 Å². The van der Waals surface area contributed by atoms with E-state index in [9.17, 15) is 9.59 Å². The van der Waals surface area contributed by atoms with Gasteiger partial charge in [-0.25, -0.2) is 4.79 Å². The number of carbonyl (C=O) groups is 2. The lowest BCUT2D eigenvalue weighted by Crippen LogP contribution is -2.48. The summed E-state index contributed by atoms with van der Waals surface area (Å²) >= 11 is 0. The van der Waals surface area contributed by atoms with E-state index in [-0.39, 0.29) is 12.1 Å². The van der Waals surface area contributed by atoms with E-state index in [0.29, 0.717) is 6.42 Å². The first kappa shape index (κ1) is 14.2. The molecule has 5 heteroatoms. The van der Waals surface area contributed by atoms with Gasteiger partial charge in [-0.1, -0.05) is 25.7 Å². The number of hydrogen-bond acceptors (Lipinski definition) is 2. The summed E-state index contributed by atoms with van der Waals surface area (Å²) in [5.41, 5.74) is 0. The molecule has 2 N–H and O–H groups in total. The van der Waals surface area contributed by atoms with Crippen molar-refractivity contribution < 1.29 is 14.7 Å². The second-order valence-corrected chi connectivity index (χ2v) is 5.69. The fraction of sp³-hybridized carbons (Fsp3) is 0.857. The van der Waals surface area contributed by atoms with Crippen molar-refractivity contribution in [1.82, 2.24) is 10.2 Å². The SMILES string of the molecule is O=C(O)C1CCCC1NC(=O)N1CCCCCCC1. The van der Waals surface area contributed by atoms with Gasteiger partial charge in [-0.15, -0.1) is 0 Å². The summed E-state index contributed by atoms with van der Waals surface area (Å²) in [5.74, 6) is -1.19. The molecule has 2 amide bonds. The van der Waals surface area contributed by atoms with Crippen LogP contribution in [-0.2, 0) is 4.79 Å². The summed E-state index contributed by atoms with van der Waals surface area (Å²) in [6, 6.07) is -0.254. The average molecular weight is 268 g/mol. The lowest BCUT2D eigenvalue weighted by atomic mass is 10.0. The van der Waals surface area contributed by atoms with Crippen molar-refractivity contribution in [3.8, 4) is 0 Å². The molecule has 0 radical (unpaired) electrons. The molecule has 19 heavy (non-hydrogen) atoms. The number of carboxylic acids is 1. The Kier molecular flexibility index (Phi) is 5.05. The van der Waals surface area contributed by atoms with E-state index in [1.165, 1.54) is 19.3 Å². The van der Waals surface area contributed by atoms with Crippen molar-refractivity contribution in [3.63, 3.8) is 0 Å². The predicted octanol–water partition coefficient (Wildman–Crippen LogP) is 2.22. The molecular weight excluding hydrogens is 244 g/mol. The van der Waals surface area contributed by atoms with Gasteiger partial charge in [-0.2, -0.15) is 0 Å². The largest absolute Gasteiger partial charge is 0.481 e. The topological polar surface area (TPSA) is 69.6 Å². The van der Waals surface area contributed by atoms with Crippen molar-refractivity contribution in [2.24, 2.45) is 5.92 Å². The van der Waals surface area contributed by atoms with Crippen LogP contribution in [0.2, 0.25) is 0 Å². The number of urea groups is 1. The Morgan fingerprint density at radius 2 is 1.58 bits per heavy atom. The first-order chi connectivity index (χ1) is 9.18. The number of rotatable bonds is 2. The number of carboxylic acid groups (broad SMARTS) is 1. The maximum atomic E-state index is 12.2. The molecular formula is C14H24N2O3. The molecule has 2 aliphatic rings. The number of carbonyl (C=O) groups excluding carboxylic acids is 1. The van der Waals surface area contributed by atoms with Crippen molar-refractivity contribution in [1.29, 1.82) is 0 Å². The maximum Gasteiger partial charge on any atom is 0.317 e. The van der Waals surface area contributed by atoms with Gasteiger partial charge in [0.2, 0.25) is 0 Å². The highest BCUT2D eigenvalue weighted by Gasteiger charge is 2.34. The van der Waals surface area contributed by atoms with Crippen LogP contribution in [-0.4, -0.2) is 41.1 Å². The van der Waals surface area contributed by atoms with Gasteiger partial charge in [-0.05, 0) is 25.7 Å². The normalized spacial score (nSPS) is 28.5. The van der Waals surface area contributed by atoms with Gasteiger partial charge in [0.1, 0.15) is 0 Å². The minimum Gasteiger partial charge on any atom is -0.481 e. The predicted molar refractivity (Wildman–Crippen MR) is 72.0 cm³/mol. The number of nitrogens with zero attached hydrogens (tertiary/aromatic N) is 1. The van der Waals surface area contributed by atoms with Crippen molar-refractivity contribution in [3.05, 3.63) is 0 Å². The van der Waals surface area contributed by atoms with Crippen LogP contribution in [0.1, 0.15) is 51.4 Å². The molecule has 1 aliphatic heterocycles. The van der Waals surface area contributed by atoms with Crippen LogP contribution in [0.15, 0.2) is 0 Å². The molecule has 2 unspecified atom stereocenters. The van der Waals surface area contributed by atoms with Gasteiger partial charge in [0.25, 0.3) is 0 Å². The van der Waals surface area contributed by atoms with Crippen LogP contribution in [0.4, 0.5) is 4.79 Å². The minimum absolute atomic E-state index is 0.0694. The van der Waals surface area contributed by atoms with E-state index in [1.54, 1.807) is 0 Å². The molecule has 0 aromatic rings. The Morgan fingerprint density at radius 1 is 0.947 bits per heavy atom. The zero-order valence-electron chi connectivity index (χ0n) is 11.4. The summed E-state index contributed by atoms with van der Waals surface area (Å²) in [6.45, 7) is 1.60. The Bertz CT molecular complexity index is 325. The third kappa shape index (κ3) is 3.85. The highest BCUT2D eigenvalue weighted by molar-refractivity contribution is 5.77. The number of nitrogens with one attached hydrogen (secondary N) is 1. The van der Waals surface area contributed by atoms with E-state index in [2.05, 4.69) is 5.32 Å². The first-order valence-electron chi connectivity index (χ1n) is 7.47. The summed E-state index contributed by atoms with van der Waals surface area (Å²) in [6.07, 6.45) is 8.11. The van der Waals surface area contributed by atoms with Crippen LogP contribution < -0.4 is 5.32 Å². The van der Waals surface area contributed by atoms with Gasteiger partial charge in [0.15, 0.2) is 0 Å². The number of aliphatic carboxylic acids is 1. The van der Waals surface area contributed by atoms with Crippen LogP contribution in [0.5, 0.6) is 0 Å². The molecule has 0 bridgehead atoms. The molecule has 0 spiro atoms. The second-order valence-electron chi connectivity index (χ2n) is 5.69. The molecule has 5 nitrogen and oxygen atoms in total. The molecule has 2 rings (SSSR count).